The highest BCUT2D eigenvalue weighted by atomic mass is 16.5. The molecule has 0 unspecified atom stereocenters. The predicted molar refractivity (Wildman–Crippen MR) is 73.1 cm³/mol. The Labute approximate surface area is 106 Å². The number of nitrogens with zero attached hydrogens (tertiary/aromatic N) is 1. The number of unbranched alkanes of at least 4 members (excludes halogenated alkanes) is 1. The molecule has 1 aromatic rings. The largest absolute Gasteiger partial charge is 0.377 e. The maximum absolute atomic E-state index is 5.65. The lowest BCUT2D eigenvalue weighted by Crippen LogP contribution is -2.21. The van der Waals surface area contributed by atoms with Gasteiger partial charge in [-0.2, -0.15) is 0 Å². The molecule has 0 saturated carbocycles. The molecular weight excluding hydrogens is 210 g/mol. The van der Waals surface area contributed by atoms with E-state index in [4.69, 9.17) is 4.74 Å². The highest BCUT2D eigenvalue weighted by Crippen LogP contribution is 2.01. The van der Waals surface area contributed by atoms with Crippen LogP contribution in [0.2, 0.25) is 0 Å². The Morgan fingerprint density at radius 3 is 2.47 bits per heavy atom. The van der Waals surface area contributed by atoms with Crippen molar-refractivity contribution < 1.29 is 4.74 Å². The van der Waals surface area contributed by atoms with E-state index in [2.05, 4.69) is 43.1 Å². The number of hydrogen-bond acceptors (Lipinski definition) is 2. The smallest absolute Gasteiger partial charge is 0.0716 e. The van der Waals surface area contributed by atoms with Crippen molar-refractivity contribution in [3.8, 4) is 0 Å². The summed E-state index contributed by atoms with van der Waals surface area (Å²) in [7, 11) is 2.19. The van der Waals surface area contributed by atoms with Crippen LogP contribution in [0.4, 0.5) is 0 Å². The first-order valence-corrected chi connectivity index (χ1v) is 6.63. The average Bonchev–Trinajstić information content (AvgIpc) is 2.37. The third kappa shape index (κ3) is 7.14. The highest BCUT2D eigenvalue weighted by molar-refractivity contribution is 5.13. The molecule has 0 aromatic heterocycles. The minimum absolute atomic E-state index is 0.736. The molecule has 0 aliphatic carbocycles. The van der Waals surface area contributed by atoms with Crippen LogP contribution in [0.25, 0.3) is 0 Å². The second kappa shape index (κ2) is 9.20. The van der Waals surface area contributed by atoms with Gasteiger partial charge in [0.05, 0.1) is 6.61 Å². The zero-order chi connectivity index (χ0) is 12.3. The van der Waals surface area contributed by atoms with Crippen LogP contribution in [-0.4, -0.2) is 31.6 Å². The Balaban J connectivity index is 1.97. The van der Waals surface area contributed by atoms with Gasteiger partial charge >= 0.3 is 0 Å². The third-order valence-corrected chi connectivity index (χ3v) is 2.83. The zero-order valence-corrected chi connectivity index (χ0v) is 11.2. The molecule has 0 radical (unpaired) electrons. The normalized spacial score (nSPS) is 11.0. The van der Waals surface area contributed by atoms with Crippen LogP contribution < -0.4 is 0 Å². The summed E-state index contributed by atoms with van der Waals surface area (Å²) in [5.74, 6) is 0. The van der Waals surface area contributed by atoms with Crippen LogP contribution in [0.1, 0.15) is 31.7 Å². The van der Waals surface area contributed by atoms with Gasteiger partial charge in [0.2, 0.25) is 0 Å². The lowest BCUT2D eigenvalue weighted by molar-refractivity contribution is 0.111. The maximum atomic E-state index is 5.65. The fourth-order valence-electron chi connectivity index (χ4n) is 1.74. The quantitative estimate of drug-likeness (QED) is 0.609. The Morgan fingerprint density at radius 1 is 1.06 bits per heavy atom. The second-order valence-corrected chi connectivity index (χ2v) is 4.55. The average molecular weight is 235 g/mol. The summed E-state index contributed by atoms with van der Waals surface area (Å²) in [5, 5.41) is 0. The van der Waals surface area contributed by atoms with Gasteiger partial charge in [-0.3, -0.25) is 0 Å². The third-order valence-electron chi connectivity index (χ3n) is 2.83. The van der Waals surface area contributed by atoms with E-state index >= 15 is 0 Å². The molecule has 0 atom stereocenters. The summed E-state index contributed by atoms with van der Waals surface area (Å²) < 4.78 is 5.65. The van der Waals surface area contributed by atoms with Crippen LogP contribution in [0.3, 0.4) is 0 Å². The number of benzene rings is 1. The molecule has 2 nitrogen and oxygen atoms in total. The van der Waals surface area contributed by atoms with Gasteiger partial charge in [0.15, 0.2) is 0 Å². The summed E-state index contributed by atoms with van der Waals surface area (Å²) >= 11 is 0. The van der Waals surface area contributed by atoms with Crippen LogP contribution in [0.5, 0.6) is 0 Å². The van der Waals surface area contributed by atoms with Crippen molar-refractivity contribution in [3.05, 3.63) is 35.9 Å². The van der Waals surface area contributed by atoms with Gasteiger partial charge in [-0.25, -0.2) is 0 Å². The molecule has 2 heteroatoms. The van der Waals surface area contributed by atoms with Gasteiger partial charge in [-0.05, 0) is 32.0 Å². The number of rotatable bonds is 9. The minimum Gasteiger partial charge on any atom is -0.377 e. The lowest BCUT2D eigenvalue weighted by atomic mass is 10.2. The van der Waals surface area contributed by atoms with Crippen molar-refractivity contribution in [1.29, 1.82) is 0 Å². The van der Waals surface area contributed by atoms with Crippen LogP contribution in [0.15, 0.2) is 30.3 Å². The van der Waals surface area contributed by atoms with Crippen LogP contribution in [-0.2, 0) is 11.3 Å². The van der Waals surface area contributed by atoms with E-state index in [-0.39, 0.29) is 0 Å². The topological polar surface area (TPSA) is 12.5 Å². The monoisotopic (exact) mass is 235 g/mol. The van der Waals surface area contributed by atoms with E-state index in [9.17, 15) is 0 Å². The standard InChI is InChI=1S/C15H25NO/c1-3-4-11-16(2)12-8-13-17-14-15-9-6-5-7-10-15/h5-7,9-10H,3-4,8,11-14H2,1-2H3. The Morgan fingerprint density at radius 2 is 1.76 bits per heavy atom. The molecule has 0 aliphatic rings. The van der Waals surface area contributed by atoms with Crippen molar-refractivity contribution in [1.82, 2.24) is 4.90 Å². The molecule has 1 aromatic carbocycles. The van der Waals surface area contributed by atoms with Gasteiger partial charge in [-0.1, -0.05) is 43.7 Å². The molecule has 0 spiro atoms. The van der Waals surface area contributed by atoms with E-state index in [1.807, 2.05) is 6.07 Å². The second-order valence-electron chi connectivity index (χ2n) is 4.55. The van der Waals surface area contributed by atoms with E-state index in [1.54, 1.807) is 0 Å². The van der Waals surface area contributed by atoms with E-state index in [0.29, 0.717) is 0 Å². The zero-order valence-electron chi connectivity index (χ0n) is 11.2. The maximum Gasteiger partial charge on any atom is 0.0716 e. The van der Waals surface area contributed by atoms with Crippen molar-refractivity contribution >= 4 is 0 Å². The SMILES string of the molecule is CCCCN(C)CCCOCc1ccccc1. The van der Waals surface area contributed by atoms with Crippen molar-refractivity contribution in [2.45, 2.75) is 32.8 Å². The fourth-order valence-corrected chi connectivity index (χ4v) is 1.74. The molecule has 1 rings (SSSR count). The Kier molecular flexibility index (Phi) is 7.69. The minimum atomic E-state index is 0.736. The summed E-state index contributed by atoms with van der Waals surface area (Å²) in [4.78, 5) is 2.38. The summed E-state index contributed by atoms with van der Waals surface area (Å²) in [6.45, 7) is 6.16. The predicted octanol–water partition coefficient (Wildman–Crippen LogP) is 3.33. The molecule has 0 aliphatic heterocycles. The van der Waals surface area contributed by atoms with Crippen molar-refractivity contribution in [2.24, 2.45) is 0 Å². The number of ether oxygens (including phenoxy) is 1. The van der Waals surface area contributed by atoms with E-state index < -0.39 is 0 Å². The molecule has 0 amide bonds. The molecule has 96 valence electrons. The fraction of sp³-hybridized carbons (Fsp3) is 0.600. The first-order valence-electron chi connectivity index (χ1n) is 6.63. The molecule has 17 heavy (non-hydrogen) atoms. The molecule has 0 bridgehead atoms. The molecular formula is C15H25NO. The van der Waals surface area contributed by atoms with Crippen molar-refractivity contribution in [3.63, 3.8) is 0 Å². The molecule has 0 heterocycles. The van der Waals surface area contributed by atoms with Gasteiger partial charge < -0.3 is 9.64 Å². The summed E-state index contributed by atoms with van der Waals surface area (Å²) in [6, 6.07) is 10.3. The molecule has 0 saturated heterocycles. The van der Waals surface area contributed by atoms with Crippen LogP contribution >= 0.6 is 0 Å². The highest BCUT2D eigenvalue weighted by Gasteiger charge is 1.97. The van der Waals surface area contributed by atoms with E-state index in [1.165, 1.54) is 24.9 Å². The Bertz CT molecular complexity index is 274. The van der Waals surface area contributed by atoms with Crippen LogP contribution in [0, 0.1) is 0 Å². The lowest BCUT2D eigenvalue weighted by Gasteiger charge is -2.15. The van der Waals surface area contributed by atoms with Gasteiger partial charge in [-0.15, -0.1) is 0 Å². The first-order chi connectivity index (χ1) is 8.33. The number of hydrogen-bond donors (Lipinski definition) is 0. The van der Waals surface area contributed by atoms with Gasteiger partial charge in [0.1, 0.15) is 0 Å². The van der Waals surface area contributed by atoms with Crippen molar-refractivity contribution in [2.75, 3.05) is 26.7 Å². The van der Waals surface area contributed by atoms with Gasteiger partial charge in [0, 0.05) is 13.2 Å². The van der Waals surface area contributed by atoms with E-state index in [0.717, 1.165) is 26.2 Å². The first kappa shape index (κ1) is 14.2. The summed E-state index contributed by atoms with van der Waals surface area (Å²) in [5.41, 5.74) is 1.26. The van der Waals surface area contributed by atoms with Gasteiger partial charge in [0.25, 0.3) is 0 Å². The Hall–Kier alpha value is -0.860. The molecule has 0 N–H and O–H groups in total. The summed E-state index contributed by atoms with van der Waals surface area (Å²) in [6.07, 6.45) is 3.68. The molecule has 0 fully saturated rings.